The number of rotatable bonds is 7. The van der Waals surface area contributed by atoms with E-state index in [1.54, 1.807) is 41.9 Å². The molecule has 4 rings (SSSR count). The van der Waals surface area contributed by atoms with Crippen LogP contribution in [-0.2, 0) is 9.59 Å². The number of benzene rings is 2. The topological polar surface area (TPSA) is 87.2 Å². The molecule has 0 aliphatic rings. The Balaban J connectivity index is 1.40. The predicted molar refractivity (Wildman–Crippen MR) is 130 cm³/mol. The Morgan fingerprint density at radius 2 is 1.66 bits per heavy atom. The highest BCUT2D eigenvalue weighted by Crippen LogP contribution is 2.35. The fourth-order valence-electron chi connectivity index (χ4n) is 3.33. The van der Waals surface area contributed by atoms with E-state index >= 15 is 0 Å². The number of anilines is 3. The van der Waals surface area contributed by atoms with E-state index in [0.29, 0.717) is 24.3 Å². The molecule has 0 bridgehead atoms. The fourth-order valence-corrected chi connectivity index (χ4v) is 4.33. The molecule has 0 saturated heterocycles. The molecule has 0 aliphatic carbocycles. The van der Waals surface area contributed by atoms with Crippen molar-refractivity contribution in [2.45, 2.75) is 13.3 Å². The summed E-state index contributed by atoms with van der Waals surface area (Å²) in [5, 5.41) is 6.56. The summed E-state index contributed by atoms with van der Waals surface area (Å²) < 4.78 is 0. The molecule has 7 nitrogen and oxygen atoms in total. The molecule has 2 heterocycles. The molecule has 0 atom stereocenters. The summed E-state index contributed by atoms with van der Waals surface area (Å²) in [6, 6.07) is 19.3. The van der Waals surface area contributed by atoms with Crippen molar-refractivity contribution in [3.05, 3.63) is 67.0 Å². The second-order valence-electron chi connectivity index (χ2n) is 7.37. The van der Waals surface area contributed by atoms with Crippen molar-refractivity contribution in [1.82, 2.24) is 9.97 Å². The Kier molecular flexibility index (Phi) is 6.42. The largest absolute Gasteiger partial charge is 0.359 e. The van der Waals surface area contributed by atoms with Crippen LogP contribution in [0.3, 0.4) is 0 Å². The minimum Gasteiger partial charge on any atom is -0.359 e. The third kappa shape index (κ3) is 5.09. The molecule has 0 saturated carbocycles. The van der Waals surface area contributed by atoms with E-state index in [1.165, 1.54) is 6.92 Å². The van der Waals surface area contributed by atoms with Crippen molar-refractivity contribution in [3.63, 3.8) is 0 Å². The van der Waals surface area contributed by atoms with Gasteiger partial charge in [-0.05, 0) is 35.9 Å². The second-order valence-corrected chi connectivity index (χ2v) is 8.40. The molecular formula is C24H23N5O2S. The number of thiophene rings is 1. The molecular weight excluding hydrogens is 422 g/mol. The van der Waals surface area contributed by atoms with E-state index in [9.17, 15) is 9.59 Å². The first-order chi connectivity index (χ1) is 15.5. The molecule has 2 N–H and O–H groups in total. The van der Waals surface area contributed by atoms with Gasteiger partial charge in [0.1, 0.15) is 17.0 Å². The number of aromatic nitrogens is 2. The Hall–Kier alpha value is -3.78. The number of hydrogen-bond acceptors (Lipinski definition) is 6. The smallest absolute Gasteiger partial charge is 0.226 e. The molecule has 2 aromatic carbocycles. The molecule has 8 heteroatoms. The van der Waals surface area contributed by atoms with Crippen LogP contribution in [0.5, 0.6) is 0 Å². The molecule has 0 spiro atoms. The lowest BCUT2D eigenvalue weighted by Gasteiger charge is -2.18. The molecule has 0 unspecified atom stereocenters. The molecule has 4 aromatic rings. The summed E-state index contributed by atoms with van der Waals surface area (Å²) >= 11 is 1.63. The van der Waals surface area contributed by atoms with E-state index in [4.69, 9.17) is 0 Å². The molecule has 162 valence electrons. The summed E-state index contributed by atoms with van der Waals surface area (Å²) in [6.07, 6.45) is 1.88. The first kappa shape index (κ1) is 21.5. The van der Waals surface area contributed by atoms with E-state index in [-0.39, 0.29) is 11.8 Å². The Bertz CT molecular complexity index is 1240. The monoisotopic (exact) mass is 445 g/mol. The van der Waals surface area contributed by atoms with Crippen molar-refractivity contribution in [2.24, 2.45) is 0 Å². The Morgan fingerprint density at radius 1 is 0.969 bits per heavy atom. The summed E-state index contributed by atoms with van der Waals surface area (Å²) in [5.74, 6) is 0.579. The first-order valence-electron chi connectivity index (χ1n) is 10.2. The summed E-state index contributed by atoms with van der Waals surface area (Å²) in [5.41, 5.74) is 2.52. The summed E-state index contributed by atoms with van der Waals surface area (Å²) in [7, 11) is 1.93. The van der Waals surface area contributed by atoms with Gasteiger partial charge in [0.2, 0.25) is 11.8 Å². The molecule has 2 aromatic heterocycles. The molecule has 32 heavy (non-hydrogen) atoms. The average Bonchev–Trinajstić information content (AvgIpc) is 3.23. The van der Waals surface area contributed by atoms with Gasteiger partial charge >= 0.3 is 0 Å². The van der Waals surface area contributed by atoms with E-state index < -0.39 is 0 Å². The highest BCUT2D eigenvalue weighted by molar-refractivity contribution is 7.21. The van der Waals surface area contributed by atoms with Gasteiger partial charge in [0, 0.05) is 43.2 Å². The van der Waals surface area contributed by atoms with Crippen molar-refractivity contribution in [3.8, 4) is 10.4 Å². The maximum atomic E-state index is 12.4. The second kappa shape index (κ2) is 9.57. The number of nitrogens with one attached hydrogen (secondary N) is 2. The van der Waals surface area contributed by atoms with Crippen LogP contribution in [0.25, 0.3) is 20.7 Å². The fraction of sp³-hybridized carbons (Fsp3) is 0.167. The number of carbonyl (C=O) groups is 2. The first-order valence-corrected chi connectivity index (χ1v) is 11.0. The highest BCUT2D eigenvalue weighted by atomic mass is 32.1. The van der Waals surface area contributed by atoms with Crippen molar-refractivity contribution in [1.29, 1.82) is 0 Å². The van der Waals surface area contributed by atoms with Crippen molar-refractivity contribution < 1.29 is 9.59 Å². The summed E-state index contributed by atoms with van der Waals surface area (Å²) in [4.78, 5) is 36.4. The van der Waals surface area contributed by atoms with Gasteiger partial charge in [-0.2, -0.15) is 0 Å². The molecule has 0 radical (unpaired) electrons. The van der Waals surface area contributed by atoms with Gasteiger partial charge in [-0.15, -0.1) is 11.3 Å². The van der Waals surface area contributed by atoms with Crippen LogP contribution in [0.15, 0.2) is 67.0 Å². The number of carbonyl (C=O) groups excluding carboxylic acids is 2. The quantitative estimate of drug-likeness (QED) is 0.427. The number of nitrogens with zero attached hydrogens (tertiary/aromatic N) is 3. The zero-order chi connectivity index (χ0) is 22.5. The number of amides is 2. The van der Waals surface area contributed by atoms with Gasteiger partial charge in [-0.25, -0.2) is 9.97 Å². The van der Waals surface area contributed by atoms with E-state index in [2.05, 4.69) is 38.8 Å². The lowest BCUT2D eigenvalue weighted by atomic mass is 10.2. The van der Waals surface area contributed by atoms with Gasteiger partial charge in [-0.1, -0.05) is 30.3 Å². The molecule has 2 amide bonds. The zero-order valence-electron chi connectivity index (χ0n) is 17.8. The highest BCUT2D eigenvalue weighted by Gasteiger charge is 2.14. The standard InChI is InChI=1S/C24H23N5O2S/c1-16(30)27-18-8-10-19(11-9-18)28-22(31)12-13-29(2)23-20-14-21(17-6-4-3-5-7-17)32-24(20)26-15-25-23/h3-11,14-15H,12-13H2,1-2H3,(H,27,30)(H,28,31). The number of fused-ring (bicyclic) bond motifs is 1. The van der Waals surface area contributed by atoms with Gasteiger partial charge in [0.15, 0.2) is 0 Å². The van der Waals surface area contributed by atoms with E-state index in [0.717, 1.165) is 26.5 Å². The molecule has 0 fully saturated rings. The summed E-state index contributed by atoms with van der Waals surface area (Å²) in [6.45, 7) is 1.97. The van der Waals surface area contributed by atoms with Crippen LogP contribution in [0.2, 0.25) is 0 Å². The van der Waals surface area contributed by atoms with Crippen LogP contribution < -0.4 is 15.5 Å². The van der Waals surface area contributed by atoms with Crippen LogP contribution >= 0.6 is 11.3 Å². The predicted octanol–water partition coefficient (Wildman–Crippen LogP) is 4.78. The van der Waals surface area contributed by atoms with Gasteiger partial charge in [0.25, 0.3) is 0 Å². The van der Waals surface area contributed by atoms with Crippen LogP contribution in [0, 0.1) is 0 Å². The SMILES string of the molecule is CC(=O)Nc1ccc(NC(=O)CCN(C)c2ncnc3sc(-c4ccccc4)cc23)cc1. The lowest BCUT2D eigenvalue weighted by Crippen LogP contribution is -2.24. The molecule has 0 aliphatic heterocycles. The zero-order valence-corrected chi connectivity index (χ0v) is 18.6. The van der Waals surface area contributed by atoms with Crippen LogP contribution in [-0.4, -0.2) is 35.4 Å². The average molecular weight is 446 g/mol. The maximum Gasteiger partial charge on any atom is 0.226 e. The maximum absolute atomic E-state index is 12.4. The third-order valence-corrected chi connectivity index (χ3v) is 5.98. The Morgan fingerprint density at radius 3 is 2.34 bits per heavy atom. The minimum absolute atomic E-state index is 0.0929. The minimum atomic E-state index is -0.134. The van der Waals surface area contributed by atoms with Gasteiger partial charge in [0.05, 0.1) is 5.39 Å². The normalized spacial score (nSPS) is 10.7. The van der Waals surface area contributed by atoms with Gasteiger partial charge in [-0.3, -0.25) is 9.59 Å². The lowest BCUT2D eigenvalue weighted by molar-refractivity contribution is -0.116. The Labute approximate surface area is 190 Å². The number of hydrogen-bond donors (Lipinski definition) is 2. The van der Waals surface area contributed by atoms with Crippen LogP contribution in [0.1, 0.15) is 13.3 Å². The van der Waals surface area contributed by atoms with E-state index in [1.807, 2.05) is 30.1 Å². The van der Waals surface area contributed by atoms with Crippen molar-refractivity contribution >= 4 is 50.6 Å². The van der Waals surface area contributed by atoms with Crippen LogP contribution in [0.4, 0.5) is 17.2 Å². The van der Waals surface area contributed by atoms with Crippen molar-refractivity contribution in [2.75, 3.05) is 29.1 Å². The van der Waals surface area contributed by atoms with Gasteiger partial charge < -0.3 is 15.5 Å². The third-order valence-electron chi connectivity index (χ3n) is 4.89.